The average Bonchev–Trinajstić information content (AvgIpc) is 2.43. The summed E-state index contributed by atoms with van der Waals surface area (Å²) in [7, 11) is 0. The summed E-state index contributed by atoms with van der Waals surface area (Å²) in [6, 6.07) is 13.5. The molecule has 0 spiro atoms. The Morgan fingerprint density at radius 2 is 1.95 bits per heavy atom. The number of rotatable bonds is 2. The minimum absolute atomic E-state index is 0.0504. The molecule has 0 bridgehead atoms. The van der Waals surface area contributed by atoms with Gasteiger partial charge in [0.15, 0.2) is 0 Å². The molecule has 0 aliphatic heterocycles. The standard InChI is InChI=1S/C15H11ClN2O/c16-14-8-12-6-7-18(15(19)13(12)9-17-14)10-11-4-2-1-3-5-11/h1-9H,10H2. The van der Waals surface area contributed by atoms with E-state index in [1.54, 1.807) is 16.8 Å². The molecule has 3 nitrogen and oxygen atoms in total. The van der Waals surface area contributed by atoms with Gasteiger partial charge in [-0.3, -0.25) is 4.79 Å². The molecule has 0 radical (unpaired) electrons. The lowest BCUT2D eigenvalue weighted by Crippen LogP contribution is -2.20. The van der Waals surface area contributed by atoms with Gasteiger partial charge in [0.1, 0.15) is 5.15 Å². The van der Waals surface area contributed by atoms with Crippen LogP contribution in [0.2, 0.25) is 5.15 Å². The van der Waals surface area contributed by atoms with Gasteiger partial charge in [-0.2, -0.15) is 0 Å². The van der Waals surface area contributed by atoms with Crippen LogP contribution >= 0.6 is 11.6 Å². The molecule has 1 aromatic carbocycles. The van der Waals surface area contributed by atoms with Gasteiger partial charge in [0.25, 0.3) is 5.56 Å². The Morgan fingerprint density at radius 3 is 2.74 bits per heavy atom. The third-order valence-corrected chi connectivity index (χ3v) is 3.23. The smallest absolute Gasteiger partial charge is 0.260 e. The topological polar surface area (TPSA) is 34.9 Å². The summed E-state index contributed by atoms with van der Waals surface area (Å²) >= 11 is 5.82. The maximum Gasteiger partial charge on any atom is 0.260 e. The van der Waals surface area contributed by atoms with Crippen LogP contribution in [0.3, 0.4) is 0 Å². The summed E-state index contributed by atoms with van der Waals surface area (Å²) in [6.07, 6.45) is 3.31. The lowest BCUT2D eigenvalue weighted by atomic mass is 10.2. The van der Waals surface area contributed by atoms with Crippen molar-refractivity contribution in [2.75, 3.05) is 0 Å². The van der Waals surface area contributed by atoms with Crippen molar-refractivity contribution in [2.45, 2.75) is 6.54 Å². The summed E-state index contributed by atoms with van der Waals surface area (Å²) in [5.74, 6) is 0. The van der Waals surface area contributed by atoms with Crippen molar-refractivity contribution in [1.29, 1.82) is 0 Å². The van der Waals surface area contributed by atoms with E-state index in [1.807, 2.05) is 36.4 Å². The van der Waals surface area contributed by atoms with Crippen molar-refractivity contribution >= 4 is 22.4 Å². The zero-order valence-corrected chi connectivity index (χ0v) is 10.8. The minimum Gasteiger partial charge on any atom is -0.311 e. The molecular weight excluding hydrogens is 260 g/mol. The number of halogens is 1. The van der Waals surface area contributed by atoms with Gasteiger partial charge in [-0.25, -0.2) is 4.98 Å². The van der Waals surface area contributed by atoms with Crippen LogP contribution in [0.5, 0.6) is 0 Å². The number of aromatic nitrogens is 2. The van der Waals surface area contributed by atoms with E-state index in [9.17, 15) is 4.79 Å². The predicted octanol–water partition coefficient (Wildman–Crippen LogP) is 3.10. The molecule has 0 fully saturated rings. The third-order valence-electron chi connectivity index (χ3n) is 3.02. The van der Waals surface area contributed by atoms with Crippen molar-refractivity contribution in [3.63, 3.8) is 0 Å². The molecule has 0 unspecified atom stereocenters. The van der Waals surface area contributed by atoms with Crippen molar-refractivity contribution in [2.24, 2.45) is 0 Å². The van der Waals surface area contributed by atoms with Crippen molar-refractivity contribution in [3.05, 3.63) is 75.9 Å². The number of hydrogen-bond donors (Lipinski definition) is 0. The molecule has 3 rings (SSSR count). The Bertz CT molecular complexity index is 781. The zero-order chi connectivity index (χ0) is 13.2. The van der Waals surface area contributed by atoms with Gasteiger partial charge in [-0.1, -0.05) is 41.9 Å². The van der Waals surface area contributed by atoms with Gasteiger partial charge in [0, 0.05) is 12.4 Å². The van der Waals surface area contributed by atoms with E-state index in [4.69, 9.17) is 11.6 Å². The highest BCUT2D eigenvalue weighted by atomic mass is 35.5. The molecule has 3 aromatic rings. The highest BCUT2D eigenvalue weighted by Gasteiger charge is 2.04. The van der Waals surface area contributed by atoms with Crippen molar-refractivity contribution < 1.29 is 0 Å². The number of benzene rings is 1. The van der Waals surface area contributed by atoms with Crippen LogP contribution in [0.4, 0.5) is 0 Å². The summed E-state index contributed by atoms with van der Waals surface area (Å²) in [4.78, 5) is 16.3. The number of pyridine rings is 2. The maximum absolute atomic E-state index is 12.3. The molecule has 0 saturated carbocycles. The van der Waals surface area contributed by atoms with Crippen LogP contribution in [0.25, 0.3) is 10.8 Å². The zero-order valence-electron chi connectivity index (χ0n) is 10.1. The normalized spacial score (nSPS) is 10.8. The highest BCUT2D eigenvalue weighted by Crippen LogP contribution is 2.13. The molecule has 2 heterocycles. The van der Waals surface area contributed by atoms with E-state index >= 15 is 0 Å². The van der Waals surface area contributed by atoms with Gasteiger partial charge < -0.3 is 4.57 Å². The van der Waals surface area contributed by atoms with Crippen LogP contribution in [0.15, 0.2) is 59.7 Å². The first kappa shape index (κ1) is 11.9. The lowest BCUT2D eigenvalue weighted by molar-refractivity contribution is 0.768. The fourth-order valence-electron chi connectivity index (χ4n) is 2.06. The molecule has 0 atom stereocenters. The van der Waals surface area contributed by atoms with Crippen LogP contribution in [0, 0.1) is 0 Å². The maximum atomic E-state index is 12.3. The van der Waals surface area contributed by atoms with Crippen LogP contribution in [0.1, 0.15) is 5.56 Å². The van der Waals surface area contributed by atoms with Gasteiger partial charge in [-0.15, -0.1) is 0 Å². The Labute approximate surface area is 115 Å². The van der Waals surface area contributed by atoms with E-state index in [0.29, 0.717) is 17.1 Å². The number of nitrogens with zero attached hydrogens (tertiary/aromatic N) is 2. The SMILES string of the molecule is O=c1c2cnc(Cl)cc2ccn1Cc1ccccc1. The second-order valence-electron chi connectivity index (χ2n) is 4.33. The number of fused-ring (bicyclic) bond motifs is 1. The molecule has 4 heteroatoms. The quantitative estimate of drug-likeness (QED) is 0.671. The largest absolute Gasteiger partial charge is 0.311 e. The van der Waals surface area contributed by atoms with Gasteiger partial charge in [0.2, 0.25) is 0 Å². The van der Waals surface area contributed by atoms with Crippen LogP contribution in [-0.4, -0.2) is 9.55 Å². The molecule has 0 N–H and O–H groups in total. The first-order chi connectivity index (χ1) is 9.24. The predicted molar refractivity (Wildman–Crippen MR) is 76.6 cm³/mol. The summed E-state index contributed by atoms with van der Waals surface area (Å²) in [6.45, 7) is 0.554. The molecule has 0 saturated heterocycles. The fraction of sp³-hybridized carbons (Fsp3) is 0.0667. The molecule has 2 aromatic heterocycles. The molecular formula is C15H11ClN2O. The fourth-order valence-corrected chi connectivity index (χ4v) is 2.22. The average molecular weight is 271 g/mol. The van der Waals surface area contributed by atoms with E-state index in [2.05, 4.69) is 4.98 Å². The Kier molecular flexibility index (Phi) is 3.05. The Morgan fingerprint density at radius 1 is 1.16 bits per heavy atom. The van der Waals surface area contributed by atoms with Gasteiger partial charge in [-0.05, 0) is 23.1 Å². The van der Waals surface area contributed by atoms with E-state index in [0.717, 1.165) is 10.9 Å². The van der Waals surface area contributed by atoms with Crippen LogP contribution in [-0.2, 0) is 6.54 Å². The lowest BCUT2D eigenvalue weighted by Gasteiger charge is -2.07. The molecule has 19 heavy (non-hydrogen) atoms. The highest BCUT2D eigenvalue weighted by molar-refractivity contribution is 6.30. The van der Waals surface area contributed by atoms with E-state index < -0.39 is 0 Å². The second-order valence-corrected chi connectivity index (χ2v) is 4.72. The first-order valence-corrected chi connectivity index (χ1v) is 6.30. The molecule has 0 amide bonds. The first-order valence-electron chi connectivity index (χ1n) is 5.93. The minimum atomic E-state index is -0.0504. The summed E-state index contributed by atoms with van der Waals surface area (Å²) in [5, 5.41) is 1.80. The summed E-state index contributed by atoms with van der Waals surface area (Å²) < 4.78 is 1.67. The number of hydrogen-bond acceptors (Lipinski definition) is 2. The monoisotopic (exact) mass is 270 g/mol. The van der Waals surface area contributed by atoms with Crippen molar-refractivity contribution in [3.8, 4) is 0 Å². The molecule has 0 aliphatic carbocycles. The molecule has 0 aliphatic rings. The Hall–Kier alpha value is -2.13. The second kappa shape index (κ2) is 4.86. The van der Waals surface area contributed by atoms with Gasteiger partial charge in [0.05, 0.1) is 11.9 Å². The third kappa shape index (κ3) is 2.37. The Balaban J connectivity index is 2.08. The molecule has 94 valence electrons. The van der Waals surface area contributed by atoms with Gasteiger partial charge >= 0.3 is 0 Å². The van der Waals surface area contributed by atoms with Crippen LogP contribution < -0.4 is 5.56 Å². The van der Waals surface area contributed by atoms with E-state index in [-0.39, 0.29) is 5.56 Å². The van der Waals surface area contributed by atoms with Crippen molar-refractivity contribution in [1.82, 2.24) is 9.55 Å². The van der Waals surface area contributed by atoms with E-state index in [1.165, 1.54) is 6.20 Å². The summed E-state index contributed by atoms with van der Waals surface area (Å²) in [5.41, 5.74) is 1.04.